The van der Waals surface area contributed by atoms with Gasteiger partial charge in [0.05, 0.1) is 18.8 Å². The van der Waals surface area contributed by atoms with Crippen molar-refractivity contribution in [1.29, 1.82) is 0 Å². The maximum Gasteiger partial charge on any atom is 0.249 e. The first-order valence-electron chi connectivity index (χ1n) is 30.7. The van der Waals surface area contributed by atoms with E-state index in [1.165, 1.54) is 263 Å². The molecule has 0 aliphatic heterocycles. The Balaban J connectivity index is 3.63. The summed E-state index contributed by atoms with van der Waals surface area (Å²) in [7, 11) is 0. The number of carbonyl (C=O) groups is 1. The standard InChI is InChI=1S/C62H121NO5/c1-3-5-7-9-11-13-15-17-19-21-23-25-27-28-29-30-31-32-33-34-36-37-39-41-43-45-47-49-51-53-55-59(65)61(67)58(57-64)63-62(68)60(66)56-54-52-50-48-46-44-42-40-38-35-26-24-22-20-18-16-14-12-10-8-6-4-2/h39,41,47,49,58-61,64-67H,3-38,40,42-46,48,50-57H2,1-2H3,(H,63,68)/b41-39+,49-47+. The van der Waals surface area contributed by atoms with Gasteiger partial charge < -0.3 is 25.7 Å². The van der Waals surface area contributed by atoms with E-state index in [2.05, 4.69) is 43.5 Å². The number of allylic oxidation sites excluding steroid dienone is 4. The average molecular weight is 961 g/mol. The van der Waals surface area contributed by atoms with Gasteiger partial charge in [0.2, 0.25) is 5.91 Å². The van der Waals surface area contributed by atoms with Gasteiger partial charge >= 0.3 is 0 Å². The van der Waals surface area contributed by atoms with Crippen LogP contribution in [0.5, 0.6) is 0 Å². The Bertz CT molecular complexity index is 1030. The number of hydrogen-bond donors (Lipinski definition) is 5. The van der Waals surface area contributed by atoms with Crippen molar-refractivity contribution in [2.75, 3.05) is 6.61 Å². The maximum absolute atomic E-state index is 12.6. The summed E-state index contributed by atoms with van der Waals surface area (Å²) >= 11 is 0. The zero-order valence-electron chi connectivity index (χ0n) is 45.9. The van der Waals surface area contributed by atoms with Crippen molar-refractivity contribution in [2.24, 2.45) is 0 Å². The van der Waals surface area contributed by atoms with E-state index >= 15 is 0 Å². The molecule has 0 aliphatic carbocycles. The first-order valence-corrected chi connectivity index (χ1v) is 30.7. The number of unbranched alkanes of at least 4 members (excludes halogenated alkanes) is 44. The SMILES string of the molecule is CCCCCCCCCCCCCCCCCCCCCCC/C=C/CC/C=C/CCCC(O)C(O)C(CO)NC(=O)C(O)CCCCCCCCCCCCCCCCCCCCCCCC. The van der Waals surface area contributed by atoms with Crippen molar-refractivity contribution in [2.45, 2.75) is 359 Å². The minimum atomic E-state index is -1.29. The molecule has 0 aromatic carbocycles. The van der Waals surface area contributed by atoms with Crippen LogP contribution >= 0.6 is 0 Å². The lowest BCUT2D eigenvalue weighted by Gasteiger charge is -2.27. The lowest BCUT2D eigenvalue weighted by atomic mass is 10.00. The Labute approximate surface area is 425 Å². The number of nitrogens with one attached hydrogen (secondary N) is 1. The molecule has 68 heavy (non-hydrogen) atoms. The molecule has 0 aromatic heterocycles. The summed E-state index contributed by atoms with van der Waals surface area (Å²) in [5.41, 5.74) is 0. The summed E-state index contributed by atoms with van der Waals surface area (Å²) in [5, 5.41) is 44.0. The van der Waals surface area contributed by atoms with E-state index in [-0.39, 0.29) is 0 Å². The van der Waals surface area contributed by atoms with E-state index in [0.29, 0.717) is 19.3 Å². The van der Waals surface area contributed by atoms with Gasteiger partial charge in [0.1, 0.15) is 12.2 Å². The molecule has 0 rings (SSSR count). The second-order valence-corrected chi connectivity index (χ2v) is 21.4. The normalized spacial score (nSPS) is 13.8. The van der Waals surface area contributed by atoms with Crippen molar-refractivity contribution in [3.63, 3.8) is 0 Å². The van der Waals surface area contributed by atoms with Gasteiger partial charge in [-0.3, -0.25) is 4.79 Å². The zero-order chi connectivity index (χ0) is 49.5. The zero-order valence-corrected chi connectivity index (χ0v) is 45.9. The third kappa shape index (κ3) is 49.8. The van der Waals surface area contributed by atoms with Crippen LogP contribution < -0.4 is 5.32 Å². The van der Waals surface area contributed by atoms with E-state index < -0.39 is 36.9 Å². The highest BCUT2D eigenvalue weighted by Gasteiger charge is 2.28. The summed E-state index contributed by atoms with van der Waals surface area (Å²) in [6.07, 6.45) is 69.9. The molecule has 6 heteroatoms. The summed E-state index contributed by atoms with van der Waals surface area (Å²) in [6.45, 7) is 4.09. The predicted octanol–water partition coefficient (Wildman–Crippen LogP) is 18.2. The van der Waals surface area contributed by atoms with Crippen molar-refractivity contribution in [1.82, 2.24) is 5.32 Å². The average Bonchev–Trinajstić information content (AvgIpc) is 3.34. The van der Waals surface area contributed by atoms with Gasteiger partial charge in [-0.1, -0.05) is 308 Å². The molecule has 5 N–H and O–H groups in total. The molecule has 0 radical (unpaired) electrons. The van der Waals surface area contributed by atoms with Crippen LogP contribution in [0.4, 0.5) is 0 Å². The smallest absolute Gasteiger partial charge is 0.249 e. The lowest BCUT2D eigenvalue weighted by molar-refractivity contribution is -0.132. The Morgan fingerprint density at radius 3 is 0.926 bits per heavy atom. The molecule has 0 saturated heterocycles. The van der Waals surface area contributed by atoms with E-state index in [4.69, 9.17) is 0 Å². The predicted molar refractivity (Wildman–Crippen MR) is 298 cm³/mol. The summed E-state index contributed by atoms with van der Waals surface area (Å²) in [5.74, 6) is -0.591. The van der Waals surface area contributed by atoms with E-state index in [9.17, 15) is 25.2 Å². The molecule has 0 heterocycles. The van der Waals surface area contributed by atoms with Crippen LogP contribution in [0.2, 0.25) is 0 Å². The van der Waals surface area contributed by atoms with Crippen LogP contribution in [0.25, 0.3) is 0 Å². The van der Waals surface area contributed by atoms with Gasteiger partial charge in [-0.15, -0.1) is 0 Å². The molecule has 6 nitrogen and oxygen atoms in total. The highest BCUT2D eigenvalue weighted by atomic mass is 16.3. The molecule has 4 unspecified atom stereocenters. The van der Waals surface area contributed by atoms with E-state index in [0.717, 1.165) is 38.5 Å². The van der Waals surface area contributed by atoms with Gasteiger partial charge in [-0.25, -0.2) is 0 Å². The first kappa shape index (κ1) is 66.8. The quantitative estimate of drug-likeness (QED) is 0.0308. The fourth-order valence-corrected chi connectivity index (χ4v) is 9.84. The van der Waals surface area contributed by atoms with Gasteiger partial charge in [0, 0.05) is 0 Å². The van der Waals surface area contributed by atoms with Gasteiger partial charge in [0.25, 0.3) is 0 Å². The molecule has 0 saturated carbocycles. The highest BCUT2D eigenvalue weighted by molar-refractivity contribution is 5.80. The maximum atomic E-state index is 12.6. The summed E-state index contributed by atoms with van der Waals surface area (Å²) in [4.78, 5) is 12.6. The third-order valence-corrected chi connectivity index (χ3v) is 14.6. The molecule has 0 bridgehead atoms. The Morgan fingerprint density at radius 1 is 0.353 bits per heavy atom. The highest BCUT2D eigenvalue weighted by Crippen LogP contribution is 2.18. The number of aliphatic hydroxyl groups excluding tert-OH is 4. The molecule has 1 amide bonds. The van der Waals surface area contributed by atoms with Crippen molar-refractivity contribution >= 4 is 5.91 Å². The second-order valence-electron chi connectivity index (χ2n) is 21.4. The molecule has 4 atom stereocenters. The molecular formula is C62H121NO5. The minimum absolute atomic E-state index is 0.365. The number of hydrogen-bond acceptors (Lipinski definition) is 5. The fourth-order valence-electron chi connectivity index (χ4n) is 9.84. The molecule has 0 fully saturated rings. The number of amides is 1. The largest absolute Gasteiger partial charge is 0.394 e. The van der Waals surface area contributed by atoms with Gasteiger partial charge in [-0.2, -0.15) is 0 Å². The van der Waals surface area contributed by atoms with Crippen LogP contribution in [0.15, 0.2) is 24.3 Å². The molecule has 0 spiro atoms. The third-order valence-electron chi connectivity index (χ3n) is 14.6. The van der Waals surface area contributed by atoms with Crippen LogP contribution in [0.1, 0.15) is 335 Å². The fraction of sp³-hybridized carbons (Fsp3) is 0.919. The van der Waals surface area contributed by atoms with Gasteiger partial charge in [-0.05, 0) is 51.4 Å². The molecule has 0 aliphatic rings. The van der Waals surface area contributed by atoms with Crippen molar-refractivity contribution in [3.8, 4) is 0 Å². The number of carbonyl (C=O) groups excluding carboxylic acids is 1. The van der Waals surface area contributed by atoms with Crippen molar-refractivity contribution < 1.29 is 25.2 Å². The number of aliphatic hydroxyl groups is 4. The molecule has 0 aromatic rings. The van der Waals surface area contributed by atoms with Crippen LogP contribution in [-0.4, -0.2) is 57.3 Å². The molecule has 404 valence electrons. The van der Waals surface area contributed by atoms with Crippen LogP contribution in [0.3, 0.4) is 0 Å². The Morgan fingerprint density at radius 2 is 0.618 bits per heavy atom. The van der Waals surface area contributed by atoms with E-state index in [1.54, 1.807) is 0 Å². The van der Waals surface area contributed by atoms with Crippen molar-refractivity contribution in [3.05, 3.63) is 24.3 Å². The van der Waals surface area contributed by atoms with Crippen LogP contribution in [-0.2, 0) is 4.79 Å². The Kier molecular flexibility index (Phi) is 55.7. The summed E-state index contributed by atoms with van der Waals surface area (Å²) in [6, 6.07) is -1.01. The van der Waals surface area contributed by atoms with Crippen LogP contribution in [0, 0.1) is 0 Å². The van der Waals surface area contributed by atoms with Gasteiger partial charge in [0.15, 0.2) is 0 Å². The second kappa shape index (κ2) is 56.7. The first-order chi connectivity index (χ1) is 33.5. The molecular weight excluding hydrogens is 839 g/mol. The minimum Gasteiger partial charge on any atom is -0.394 e. The lowest BCUT2D eigenvalue weighted by Crippen LogP contribution is -2.53. The van der Waals surface area contributed by atoms with E-state index in [1.807, 2.05) is 0 Å². The monoisotopic (exact) mass is 960 g/mol. The summed E-state index contributed by atoms with van der Waals surface area (Å²) < 4.78 is 0. The Hall–Kier alpha value is -1.21. The topological polar surface area (TPSA) is 110 Å². The number of rotatable bonds is 57.